The van der Waals surface area contributed by atoms with Crippen LogP contribution in [0.4, 0.5) is 0 Å². The lowest BCUT2D eigenvalue weighted by atomic mass is 9.95. The van der Waals surface area contributed by atoms with Crippen LogP contribution < -0.4 is 20.7 Å². The highest BCUT2D eigenvalue weighted by molar-refractivity contribution is 7.20. The Labute approximate surface area is 368 Å². The highest BCUT2D eigenvalue weighted by Crippen LogP contribution is 2.44. The second-order valence-electron chi connectivity index (χ2n) is 16.4. The summed E-state index contributed by atoms with van der Waals surface area (Å²) in [4.78, 5) is 0. The molecular formula is C60H42N2Si. The van der Waals surface area contributed by atoms with Crippen LogP contribution in [0.1, 0.15) is 0 Å². The van der Waals surface area contributed by atoms with Gasteiger partial charge in [0.1, 0.15) is 0 Å². The summed E-state index contributed by atoms with van der Waals surface area (Å²) >= 11 is 0. The number of nitrogens with zero attached hydrogens (tertiary/aromatic N) is 2. The molecule has 0 amide bonds. The number of hydrogen-bond acceptors (Lipinski definition) is 0. The van der Waals surface area contributed by atoms with Gasteiger partial charge in [0, 0.05) is 32.7 Å². The largest absolute Gasteiger partial charge is 0.309 e. The number of benzene rings is 10. The van der Waals surface area contributed by atoms with Gasteiger partial charge >= 0.3 is 0 Å². The van der Waals surface area contributed by atoms with Gasteiger partial charge in [0.25, 0.3) is 0 Å². The fourth-order valence-electron chi connectivity index (χ4n) is 10.4. The molecule has 2 aromatic heterocycles. The molecule has 0 saturated heterocycles. The summed E-state index contributed by atoms with van der Waals surface area (Å²) in [6, 6.07) is 94.2. The van der Waals surface area contributed by atoms with Gasteiger partial charge in [-0.15, -0.1) is 0 Å². The first-order valence-corrected chi connectivity index (χ1v) is 23.8. The smallest absolute Gasteiger partial charge is 0.179 e. The van der Waals surface area contributed by atoms with E-state index >= 15 is 0 Å². The second kappa shape index (κ2) is 15.2. The van der Waals surface area contributed by atoms with Crippen molar-refractivity contribution >= 4 is 72.4 Å². The minimum absolute atomic E-state index is 1.16. The monoisotopic (exact) mass is 818 g/mol. The Bertz CT molecular complexity index is 3440. The average Bonchev–Trinajstić information content (AvgIpc) is 3.88. The summed E-state index contributed by atoms with van der Waals surface area (Å²) in [5, 5.41) is 10.4. The Morgan fingerprint density at radius 3 is 1.25 bits per heavy atom. The summed E-state index contributed by atoms with van der Waals surface area (Å²) in [7, 11) is -2.77. The molecule has 10 aromatic carbocycles. The van der Waals surface area contributed by atoms with E-state index in [9.17, 15) is 0 Å². The van der Waals surface area contributed by atoms with Crippen LogP contribution in [0.5, 0.6) is 0 Å². The zero-order valence-electron chi connectivity index (χ0n) is 34.6. The molecule has 63 heavy (non-hydrogen) atoms. The molecule has 0 atom stereocenters. The van der Waals surface area contributed by atoms with Gasteiger partial charge in [0.15, 0.2) is 8.07 Å². The highest BCUT2D eigenvalue weighted by atomic mass is 28.3. The van der Waals surface area contributed by atoms with Crippen LogP contribution in [0.15, 0.2) is 255 Å². The quantitative estimate of drug-likeness (QED) is 0.107. The Morgan fingerprint density at radius 2 is 0.698 bits per heavy atom. The van der Waals surface area contributed by atoms with E-state index in [1.807, 2.05) is 0 Å². The third-order valence-electron chi connectivity index (χ3n) is 13.1. The maximum Gasteiger partial charge on any atom is 0.179 e. The minimum Gasteiger partial charge on any atom is -0.309 e. The van der Waals surface area contributed by atoms with Crippen LogP contribution in [0, 0.1) is 0 Å². The number of rotatable bonds is 8. The summed E-state index contributed by atoms with van der Waals surface area (Å²) in [5.74, 6) is 0. The van der Waals surface area contributed by atoms with Crippen LogP contribution in [0.2, 0.25) is 0 Å². The standard InChI is InChI=1S/C60H42N2Si/c1-6-22-43(23-7-1)49-34-20-35-50(44-24-8-2-9-25-44)60(49)62-55-37-19-17-33-52(55)59-57(38-21-39-58(59)62)61-54-36-18-16-32-51(54)53-42-48(40-41-56(53)61)63(45-26-10-3-11-27-45,46-28-12-4-13-29-46)47-30-14-5-15-31-47/h1-42H. The molecule has 296 valence electrons. The SMILES string of the molecule is c1ccc(-c2cccc(-c3ccccc3)c2-n2c3ccccc3c3c(-n4c5ccccc5c5cc([Si](c6ccccc6)(c6ccccc6)c6ccccc6)ccc54)cccc32)cc1. The van der Waals surface area contributed by atoms with Crippen molar-refractivity contribution in [1.82, 2.24) is 9.13 Å². The fourth-order valence-corrected chi connectivity index (χ4v) is 15.2. The molecule has 2 heterocycles. The molecule has 0 unspecified atom stereocenters. The molecule has 0 N–H and O–H groups in total. The van der Waals surface area contributed by atoms with Crippen LogP contribution in [0.3, 0.4) is 0 Å². The summed E-state index contributed by atoms with van der Waals surface area (Å²) in [6.07, 6.45) is 0. The van der Waals surface area contributed by atoms with E-state index in [4.69, 9.17) is 0 Å². The van der Waals surface area contributed by atoms with Gasteiger partial charge in [0.05, 0.1) is 33.4 Å². The van der Waals surface area contributed by atoms with Crippen LogP contribution >= 0.6 is 0 Å². The third kappa shape index (κ3) is 5.78. The first kappa shape index (κ1) is 36.8. The molecule has 0 bridgehead atoms. The number of aromatic nitrogens is 2. The van der Waals surface area contributed by atoms with Gasteiger partial charge in [-0.05, 0) is 62.2 Å². The van der Waals surface area contributed by atoms with Crippen molar-refractivity contribution in [3.8, 4) is 33.6 Å². The molecule has 0 radical (unpaired) electrons. The van der Waals surface area contributed by atoms with Gasteiger partial charge in [-0.25, -0.2) is 0 Å². The molecule has 0 spiro atoms. The van der Waals surface area contributed by atoms with Gasteiger partial charge < -0.3 is 9.13 Å². The molecular weight excluding hydrogens is 777 g/mol. The topological polar surface area (TPSA) is 9.86 Å². The predicted octanol–water partition coefficient (Wildman–Crippen LogP) is 12.6. The third-order valence-corrected chi connectivity index (χ3v) is 17.8. The van der Waals surface area contributed by atoms with Crippen LogP contribution in [-0.4, -0.2) is 17.2 Å². The number of fused-ring (bicyclic) bond motifs is 6. The molecule has 0 aliphatic carbocycles. The van der Waals surface area contributed by atoms with Gasteiger partial charge in [0.2, 0.25) is 0 Å². The van der Waals surface area contributed by atoms with E-state index in [2.05, 4.69) is 264 Å². The van der Waals surface area contributed by atoms with Crippen molar-refractivity contribution in [3.05, 3.63) is 255 Å². The molecule has 12 rings (SSSR count). The van der Waals surface area contributed by atoms with Crippen molar-refractivity contribution in [2.45, 2.75) is 0 Å². The number of para-hydroxylation sites is 3. The summed E-state index contributed by atoms with van der Waals surface area (Å²) < 4.78 is 5.04. The van der Waals surface area contributed by atoms with Crippen molar-refractivity contribution < 1.29 is 0 Å². The van der Waals surface area contributed by atoms with Crippen LogP contribution in [0.25, 0.3) is 77.2 Å². The van der Waals surface area contributed by atoms with Crippen molar-refractivity contribution in [3.63, 3.8) is 0 Å². The fraction of sp³-hybridized carbons (Fsp3) is 0. The van der Waals surface area contributed by atoms with Gasteiger partial charge in [-0.3, -0.25) is 0 Å². The van der Waals surface area contributed by atoms with Crippen molar-refractivity contribution in [2.24, 2.45) is 0 Å². The highest BCUT2D eigenvalue weighted by Gasteiger charge is 2.41. The van der Waals surface area contributed by atoms with Crippen molar-refractivity contribution in [2.75, 3.05) is 0 Å². The molecule has 0 aliphatic heterocycles. The first-order valence-electron chi connectivity index (χ1n) is 21.8. The summed E-state index contributed by atoms with van der Waals surface area (Å²) in [5.41, 5.74) is 11.8. The molecule has 12 aromatic rings. The maximum absolute atomic E-state index is 2.77. The lowest BCUT2D eigenvalue weighted by Gasteiger charge is -2.34. The Kier molecular flexibility index (Phi) is 8.87. The molecule has 2 nitrogen and oxygen atoms in total. The van der Waals surface area contributed by atoms with E-state index < -0.39 is 8.07 Å². The van der Waals surface area contributed by atoms with Crippen LogP contribution in [-0.2, 0) is 0 Å². The molecule has 0 saturated carbocycles. The zero-order valence-corrected chi connectivity index (χ0v) is 35.6. The van der Waals surface area contributed by atoms with E-state index in [-0.39, 0.29) is 0 Å². The van der Waals surface area contributed by atoms with Gasteiger partial charge in [-0.2, -0.15) is 0 Å². The normalized spacial score (nSPS) is 11.8. The molecule has 3 heteroatoms. The lowest BCUT2D eigenvalue weighted by Crippen LogP contribution is -2.74. The van der Waals surface area contributed by atoms with Crippen molar-refractivity contribution in [1.29, 1.82) is 0 Å². The Hall–Kier alpha value is -7.98. The predicted molar refractivity (Wildman–Crippen MR) is 270 cm³/mol. The Balaban J connectivity index is 1.16. The van der Waals surface area contributed by atoms with Gasteiger partial charge in [-0.1, -0.05) is 224 Å². The second-order valence-corrected chi connectivity index (χ2v) is 20.2. The van der Waals surface area contributed by atoms with E-state index in [0.29, 0.717) is 0 Å². The minimum atomic E-state index is -2.77. The van der Waals surface area contributed by atoms with E-state index in [0.717, 1.165) is 5.69 Å². The van der Waals surface area contributed by atoms with E-state index in [1.54, 1.807) is 0 Å². The Morgan fingerprint density at radius 1 is 0.270 bits per heavy atom. The molecule has 0 fully saturated rings. The zero-order chi connectivity index (χ0) is 41.7. The lowest BCUT2D eigenvalue weighted by molar-refractivity contribution is 1.17. The van der Waals surface area contributed by atoms with E-state index in [1.165, 1.54) is 92.3 Å². The number of hydrogen-bond donors (Lipinski definition) is 0. The maximum atomic E-state index is 2.53. The summed E-state index contributed by atoms with van der Waals surface area (Å²) in [6.45, 7) is 0. The molecule has 0 aliphatic rings. The first-order chi connectivity index (χ1) is 31.3. The average molecular weight is 819 g/mol.